The predicted molar refractivity (Wildman–Crippen MR) is 125 cm³/mol. The summed E-state index contributed by atoms with van der Waals surface area (Å²) < 4.78 is 19.4. The summed E-state index contributed by atoms with van der Waals surface area (Å²) >= 11 is 0. The second kappa shape index (κ2) is 10.3. The number of phenolic OH excluding ortho intramolecular Hbond substituents is 2. The van der Waals surface area contributed by atoms with Gasteiger partial charge in [0.1, 0.15) is 23.4 Å². The van der Waals surface area contributed by atoms with Gasteiger partial charge in [-0.25, -0.2) is 9.18 Å². The number of rotatable bonds is 7. The quantitative estimate of drug-likeness (QED) is 0.197. The number of phenols is 2. The first-order valence-electron chi connectivity index (χ1n) is 10.7. The topological polar surface area (TPSA) is 118 Å². The van der Waals surface area contributed by atoms with Crippen molar-refractivity contribution in [3.05, 3.63) is 93.9 Å². The third-order valence-corrected chi connectivity index (χ3v) is 5.29. The molecule has 180 valence electrons. The first-order chi connectivity index (χ1) is 16.5. The summed E-state index contributed by atoms with van der Waals surface area (Å²) in [5.41, 5.74) is 0.345. The van der Waals surface area contributed by atoms with Gasteiger partial charge in [-0.15, -0.1) is 0 Å². The minimum atomic E-state index is -1.22. The van der Waals surface area contributed by atoms with Crippen LogP contribution in [-0.2, 0) is 9.53 Å². The fraction of sp³-hybridized carbons (Fsp3) is 0.185. The number of aryl methyl sites for hydroxylation is 1. The predicted octanol–water partition coefficient (Wildman–Crippen LogP) is 4.56. The molecule has 2 aromatic rings. The van der Waals surface area contributed by atoms with E-state index < -0.39 is 46.7 Å². The Morgan fingerprint density at radius 2 is 1.69 bits per heavy atom. The Bertz CT molecular complexity index is 1330. The van der Waals surface area contributed by atoms with Crippen LogP contribution in [0, 0.1) is 12.7 Å². The molecule has 0 radical (unpaired) electrons. The summed E-state index contributed by atoms with van der Waals surface area (Å²) in [6.45, 7) is 5.24. The molecule has 2 aromatic carbocycles. The molecule has 7 nitrogen and oxygen atoms in total. The largest absolute Gasteiger partial charge is 0.507 e. The fourth-order valence-electron chi connectivity index (χ4n) is 3.54. The van der Waals surface area contributed by atoms with Crippen molar-refractivity contribution in [3.8, 4) is 11.5 Å². The van der Waals surface area contributed by atoms with Crippen molar-refractivity contribution in [2.75, 3.05) is 0 Å². The molecule has 1 atom stereocenters. The van der Waals surface area contributed by atoms with E-state index in [1.165, 1.54) is 12.1 Å². The van der Waals surface area contributed by atoms with Gasteiger partial charge in [-0.3, -0.25) is 14.4 Å². The molecule has 1 aliphatic carbocycles. The average Bonchev–Trinajstić information content (AvgIpc) is 2.78. The number of hydrogen-bond acceptors (Lipinski definition) is 7. The highest BCUT2D eigenvalue weighted by molar-refractivity contribution is 6.27. The van der Waals surface area contributed by atoms with Crippen molar-refractivity contribution in [2.45, 2.75) is 33.3 Å². The number of benzene rings is 2. The van der Waals surface area contributed by atoms with Crippen LogP contribution in [0.25, 0.3) is 0 Å². The number of allylic oxidation sites excluding steroid dienone is 3. The molecule has 0 saturated heterocycles. The van der Waals surface area contributed by atoms with Gasteiger partial charge in [0, 0.05) is 18.1 Å². The third-order valence-electron chi connectivity index (χ3n) is 5.29. The first kappa shape index (κ1) is 25.3. The second-order valence-corrected chi connectivity index (χ2v) is 8.27. The highest BCUT2D eigenvalue weighted by atomic mass is 19.1. The number of ether oxygens (including phenoxy) is 1. The third kappa shape index (κ3) is 5.60. The second-order valence-electron chi connectivity index (χ2n) is 8.27. The summed E-state index contributed by atoms with van der Waals surface area (Å²) in [6, 6.07) is 6.23. The molecule has 0 aromatic heterocycles. The Morgan fingerprint density at radius 3 is 2.31 bits per heavy atom. The SMILES string of the molecule is CC(C)=CCC(OC(=O)/C=C\C(=O)c1ccc(C)cc1F)C1=CC(=O)c2c(O)ccc(O)c2C1=O. The van der Waals surface area contributed by atoms with Crippen molar-refractivity contribution in [1.82, 2.24) is 0 Å². The van der Waals surface area contributed by atoms with Crippen LogP contribution >= 0.6 is 0 Å². The van der Waals surface area contributed by atoms with E-state index in [9.17, 15) is 33.8 Å². The van der Waals surface area contributed by atoms with Crippen molar-refractivity contribution in [3.63, 3.8) is 0 Å². The molecule has 35 heavy (non-hydrogen) atoms. The maximum Gasteiger partial charge on any atom is 0.331 e. The fourth-order valence-corrected chi connectivity index (χ4v) is 3.54. The monoisotopic (exact) mass is 478 g/mol. The van der Waals surface area contributed by atoms with Gasteiger partial charge < -0.3 is 14.9 Å². The standard InChI is InChI=1S/C27H23FO7/c1-14(2)4-10-23(17-13-22(32)25-20(30)7-8-21(31)26(25)27(17)34)35-24(33)11-9-19(29)16-6-5-15(3)12-18(16)28/h4-9,11-13,23,30-31H,10H2,1-3H3/b11-9-. The van der Waals surface area contributed by atoms with E-state index >= 15 is 0 Å². The first-order valence-corrected chi connectivity index (χ1v) is 10.7. The molecule has 0 aliphatic heterocycles. The van der Waals surface area contributed by atoms with Gasteiger partial charge >= 0.3 is 5.97 Å². The summed E-state index contributed by atoms with van der Waals surface area (Å²) in [5.74, 6) is -4.96. The van der Waals surface area contributed by atoms with E-state index in [0.29, 0.717) is 5.56 Å². The van der Waals surface area contributed by atoms with E-state index in [-0.39, 0.29) is 28.7 Å². The maximum absolute atomic E-state index is 14.0. The number of ketones is 3. The summed E-state index contributed by atoms with van der Waals surface area (Å²) in [6.07, 6.45) is 3.11. The average molecular weight is 478 g/mol. The molecule has 0 fully saturated rings. The zero-order valence-electron chi connectivity index (χ0n) is 19.3. The van der Waals surface area contributed by atoms with Crippen LogP contribution in [0.3, 0.4) is 0 Å². The number of Topliss-reactive ketones (excluding diaryl/α,β-unsaturated/α-hetero) is 1. The lowest BCUT2D eigenvalue weighted by Crippen LogP contribution is -2.28. The van der Waals surface area contributed by atoms with Gasteiger partial charge in [0.05, 0.1) is 16.7 Å². The van der Waals surface area contributed by atoms with Gasteiger partial charge in [-0.1, -0.05) is 17.7 Å². The molecule has 0 heterocycles. The van der Waals surface area contributed by atoms with Gasteiger partial charge in [-0.05, 0) is 62.8 Å². The lowest BCUT2D eigenvalue weighted by molar-refractivity contribution is -0.141. The number of carbonyl (C=O) groups is 4. The van der Waals surface area contributed by atoms with Crippen LogP contribution in [0.15, 0.2) is 65.8 Å². The summed E-state index contributed by atoms with van der Waals surface area (Å²) in [5, 5.41) is 20.1. The van der Waals surface area contributed by atoms with Crippen LogP contribution in [0.4, 0.5) is 4.39 Å². The Balaban J connectivity index is 1.88. The van der Waals surface area contributed by atoms with E-state index in [2.05, 4.69) is 0 Å². The van der Waals surface area contributed by atoms with Crippen molar-refractivity contribution >= 4 is 23.3 Å². The van der Waals surface area contributed by atoms with Crippen LogP contribution in [0.2, 0.25) is 0 Å². The Kier molecular flexibility index (Phi) is 7.44. The number of carbonyl (C=O) groups excluding carboxylic acids is 4. The van der Waals surface area contributed by atoms with Crippen LogP contribution in [0.1, 0.15) is 56.9 Å². The number of fused-ring (bicyclic) bond motifs is 1. The molecule has 8 heteroatoms. The van der Waals surface area contributed by atoms with Crippen molar-refractivity contribution in [2.24, 2.45) is 0 Å². The molecule has 0 saturated carbocycles. The zero-order chi connectivity index (χ0) is 25.9. The van der Waals surface area contributed by atoms with Gasteiger partial charge in [0.2, 0.25) is 0 Å². The normalized spacial score (nSPS) is 13.8. The molecule has 1 unspecified atom stereocenters. The molecule has 0 amide bonds. The Morgan fingerprint density at radius 1 is 1.03 bits per heavy atom. The zero-order valence-corrected chi connectivity index (χ0v) is 19.3. The number of aromatic hydroxyl groups is 2. The van der Waals surface area contributed by atoms with E-state index in [4.69, 9.17) is 4.74 Å². The number of hydrogen-bond donors (Lipinski definition) is 2. The molecule has 0 bridgehead atoms. The van der Waals surface area contributed by atoms with E-state index in [1.807, 2.05) is 0 Å². The summed E-state index contributed by atoms with van der Waals surface area (Å²) in [4.78, 5) is 50.5. The Hall–Kier alpha value is -4.33. The van der Waals surface area contributed by atoms with E-state index in [0.717, 1.165) is 35.9 Å². The number of halogens is 1. The van der Waals surface area contributed by atoms with E-state index in [1.54, 1.807) is 32.9 Å². The highest BCUT2D eigenvalue weighted by Gasteiger charge is 2.35. The highest BCUT2D eigenvalue weighted by Crippen LogP contribution is 2.36. The van der Waals surface area contributed by atoms with Gasteiger partial charge in [0.25, 0.3) is 0 Å². The maximum atomic E-state index is 14.0. The van der Waals surface area contributed by atoms with Gasteiger partial charge in [0.15, 0.2) is 17.3 Å². The smallest absolute Gasteiger partial charge is 0.331 e. The molecule has 2 N–H and O–H groups in total. The van der Waals surface area contributed by atoms with Crippen LogP contribution in [0.5, 0.6) is 11.5 Å². The molecule has 0 spiro atoms. The lowest BCUT2D eigenvalue weighted by Gasteiger charge is -2.23. The molecule has 3 rings (SSSR count). The molecular weight excluding hydrogens is 455 g/mol. The van der Waals surface area contributed by atoms with Crippen LogP contribution in [-0.4, -0.2) is 39.6 Å². The number of esters is 1. The Labute approximate surface area is 200 Å². The van der Waals surface area contributed by atoms with Crippen LogP contribution < -0.4 is 0 Å². The van der Waals surface area contributed by atoms with Gasteiger partial charge in [-0.2, -0.15) is 0 Å². The minimum Gasteiger partial charge on any atom is -0.507 e. The van der Waals surface area contributed by atoms with Crippen molar-refractivity contribution < 1.29 is 38.5 Å². The van der Waals surface area contributed by atoms with Crippen molar-refractivity contribution in [1.29, 1.82) is 0 Å². The molecule has 1 aliphatic rings. The molecular formula is C27H23FO7. The summed E-state index contributed by atoms with van der Waals surface area (Å²) in [7, 11) is 0. The lowest BCUT2D eigenvalue weighted by atomic mass is 9.85. The minimum absolute atomic E-state index is 0.0300.